The zero-order chi connectivity index (χ0) is 19.4. The number of ether oxygens (including phenoxy) is 2. The van der Waals surface area contributed by atoms with Crippen molar-refractivity contribution in [3.8, 4) is 11.5 Å². The van der Waals surface area contributed by atoms with Gasteiger partial charge in [-0.1, -0.05) is 37.4 Å². The van der Waals surface area contributed by atoms with Gasteiger partial charge in [-0.25, -0.2) is 0 Å². The molecular weight excluding hydrogens is 382 g/mol. The molecule has 1 N–H and O–H groups in total. The number of aromatic nitrogens is 2. The summed E-state index contributed by atoms with van der Waals surface area (Å²) in [4.78, 5) is 13.3. The third-order valence-corrected chi connectivity index (χ3v) is 5.99. The summed E-state index contributed by atoms with van der Waals surface area (Å²) >= 11 is 2.56. The van der Waals surface area contributed by atoms with Crippen LogP contribution in [0.2, 0.25) is 0 Å². The number of nitrogens with zero attached hydrogens (tertiary/aromatic N) is 2. The topological polar surface area (TPSA) is 85.2 Å². The lowest BCUT2D eigenvalue weighted by atomic mass is 10.1. The molecule has 1 aromatic heterocycles. The summed E-state index contributed by atoms with van der Waals surface area (Å²) in [6, 6.07) is 5.44. The van der Waals surface area contributed by atoms with E-state index in [0.717, 1.165) is 17.0 Å². The number of nitrogens with one attached hydrogen (secondary N) is 1. The number of ketones is 1. The van der Waals surface area contributed by atoms with Crippen molar-refractivity contribution in [2.75, 3.05) is 13.7 Å². The molecule has 1 aliphatic rings. The van der Waals surface area contributed by atoms with Crippen molar-refractivity contribution >= 4 is 40.0 Å². The number of carbonyl (C=O) groups excluding carboxylic acids is 1. The van der Waals surface area contributed by atoms with Gasteiger partial charge in [-0.15, -0.1) is 21.5 Å². The Kier molecular flexibility index (Phi) is 6.08. The Morgan fingerprint density at radius 2 is 2.15 bits per heavy atom. The van der Waals surface area contributed by atoms with Crippen LogP contribution >= 0.6 is 23.1 Å². The highest BCUT2D eigenvalue weighted by atomic mass is 32.2. The van der Waals surface area contributed by atoms with E-state index in [2.05, 4.69) is 16.8 Å². The molecule has 1 aliphatic heterocycles. The molecule has 8 heteroatoms. The number of rotatable bonds is 7. The Hall–Kier alpha value is -2.45. The van der Waals surface area contributed by atoms with Crippen molar-refractivity contribution < 1.29 is 14.3 Å². The van der Waals surface area contributed by atoms with Gasteiger partial charge in [0.1, 0.15) is 22.5 Å². The minimum Gasteiger partial charge on any atom is -0.493 e. The fourth-order valence-corrected chi connectivity index (χ4v) is 4.49. The number of allylic oxidation sites excluding steroid dienone is 1. The Bertz CT molecular complexity index is 921. The van der Waals surface area contributed by atoms with Crippen LogP contribution in [0.15, 0.2) is 35.8 Å². The van der Waals surface area contributed by atoms with Crippen LogP contribution in [0.1, 0.15) is 28.4 Å². The number of thioether (sulfide) groups is 1. The summed E-state index contributed by atoms with van der Waals surface area (Å²) in [5.41, 5.74) is 0.800. The summed E-state index contributed by atoms with van der Waals surface area (Å²) in [5, 5.41) is 18.1. The molecule has 1 aromatic carbocycles. The first-order valence-electron chi connectivity index (χ1n) is 8.33. The second kappa shape index (κ2) is 8.49. The van der Waals surface area contributed by atoms with E-state index in [1.807, 2.05) is 13.0 Å². The summed E-state index contributed by atoms with van der Waals surface area (Å²) in [6.07, 6.45) is 4.19. The maximum atomic E-state index is 12.8. The smallest absolute Gasteiger partial charge is 0.186 e. The van der Waals surface area contributed by atoms with E-state index in [-0.39, 0.29) is 10.8 Å². The lowest BCUT2D eigenvalue weighted by Crippen LogP contribution is -2.11. The van der Waals surface area contributed by atoms with Gasteiger partial charge in [0.25, 0.3) is 0 Å². The third-order valence-electron chi connectivity index (χ3n) is 3.86. The van der Waals surface area contributed by atoms with Gasteiger partial charge in [0.15, 0.2) is 17.3 Å². The molecule has 0 bridgehead atoms. The van der Waals surface area contributed by atoms with Gasteiger partial charge in [0, 0.05) is 0 Å². The van der Waals surface area contributed by atoms with E-state index in [1.165, 1.54) is 23.1 Å². The molecular formula is C19H19N3O3S2. The Labute approximate surface area is 165 Å². The standard InChI is InChI=1S/C19H19N3O3S2/c1-4-8-25-12-7-6-11(9-13(12)24-3)10-14-17(23)16(18(20)26-14)19-22-21-15(5-2)27-19/h4,6-7,9-10,16,20H,1,5,8H2,2-3H3/b14-10-,20-18?/t16-/m1/s1. The third kappa shape index (κ3) is 4.12. The van der Waals surface area contributed by atoms with Crippen LogP contribution in [0.25, 0.3) is 6.08 Å². The minimum absolute atomic E-state index is 0.116. The zero-order valence-corrected chi connectivity index (χ0v) is 16.7. The molecule has 1 fully saturated rings. The van der Waals surface area contributed by atoms with Crippen LogP contribution in [0.3, 0.4) is 0 Å². The van der Waals surface area contributed by atoms with Crippen molar-refractivity contribution in [2.45, 2.75) is 19.3 Å². The van der Waals surface area contributed by atoms with Crippen LogP contribution in [0.4, 0.5) is 0 Å². The number of carbonyl (C=O) groups is 1. The molecule has 0 spiro atoms. The van der Waals surface area contributed by atoms with E-state index in [1.54, 1.807) is 31.4 Å². The van der Waals surface area contributed by atoms with Gasteiger partial charge in [0.05, 0.1) is 17.1 Å². The van der Waals surface area contributed by atoms with Gasteiger partial charge >= 0.3 is 0 Å². The van der Waals surface area contributed by atoms with Crippen molar-refractivity contribution in [3.05, 3.63) is 51.3 Å². The number of hydrogen-bond donors (Lipinski definition) is 1. The normalized spacial score (nSPS) is 18.1. The molecule has 3 rings (SSSR count). The SMILES string of the molecule is C=CCOc1ccc(/C=C2\SC(=N)[C@H](c3nnc(CC)s3)C2=O)cc1OC. The average Bonchev–Trinajstić information content (AvgIpc) is 3.24. The lowest BCUT2D eigenvalue weighted by Gasteiger charge is -2.10. The first-order chi connectivity index (χ1) is 13.1. The van der Waals surface area contributed by atoms with E-state index < -0.39 is 5.92 Å². The second-order valence-electron chi connectivity index (χ2n) is 5.67. The van der Waals surface area contributed by atoms with E-state index in [0.29, 0.717) is 28.0 Å². The van der Waals surface area contributed by atoms with Crippen LogP contribution in [0.5, 0.6) is 11.5 Å². The van der Waals surface area contributed by atoms with E-state index >= 15 is 0 Å². The fourth-order valence-electron chi connectivity index (χ4n) is 2.53. The summed E-state index contributed by atoms with van der Waals surface area (Å²) < 4.78 is 10.9. The first-order valence-corrected chi connectivity index (χ1v) is 9.96. The average molecular weight is 402 g/mol. The fraction of sp³-hybridized carbons (Fsp3) is 0.263. The molecule has 0 amide bonds. The Morgan fingerprint density at radius 3 is 2.81 bits per heavy atom. The predicted molar refractivity (Wildman–Crippen MR) is 109 cm³/mol. The maximum absolute atomic E-state index is 12.8. The van der Waals surface area contributed by atoms with Gasteiger partial charge < -0.3 is 9.47 Å². The molecule has 1 atom stereocenters. The molecule has 2 aromatic rings. The summed E-state index contributed by atoms with van der Waals surface area (Å²) in [6.45, 7) is 6.00. The molecule has 1 saturated heterocycles. The van der Waals surface area contributed by atoms with Crippen molar-refractivity contribution in [1.29, 1.82) is 5.41 Å². The maximum Gasteiger partial charge on any atom is 0.186 e. The monoisotopic (exact) mass is 401 g/mol. The van der Waals surface area contributed by atoms with Crippen molar-refractivity contribution in [3.63, 3.8) is 0 Å². The van der Waals surface area contributed by atoms with E-state index in [4.69, 9.17) is 14.9 Å². The van der Waals surface area contributed by atoms with Crippen LogP contribution in [-0.2, 0) is 11.2 Å². The van der Waals surface area contributed by atoms with Gasteiger partial charge in [-0.2, -0.15) is 0 Å². The molecule has 2 heterocycles. The quantitative estimate of drug-likeness (QED) is 0.555. The molecule has 0 aliphatic carbocycles. The summed E-state index contributed by atoms with van der Waals surface area (Å²) in [5.74, 6) is 0.424. The minimum atomic E-state index is -0.642. The number of benzene rings is 1. The molecule has 27 heavy (non-hydrogen) atoms. The van der Waals surface area contributed by atoms with Crippen LogP contribution < -0.4 is 9.47 Å². The van der Waals surface area contributed by atoms with Gasteiger partial charge in [-0.3, -0.25) is 10.2 Å². The highest BCUT2D eigenvalue weighted by Crippen LogP contribution is 2.42. The number of aryl methyl sites for hydroxylation is 1. The number of Topliss-reactive ketones (excluding diaryl/α,β-unsaturated/α-hetero) is 1. The Balaban J connectivity index is 1.86. The van der Waals surface area contributed by atoms with Gasteiger partial charge in [-0.05, 0) is 30.2 Å². The summed E-state index contributed by atoms with van der Waals surface area (Å²) in [7, 11) is 1.56. The highest BCUT2D eigenvalue weighted by molar-refractivity contribution is 8.19. The zero-order valence-electron chi connectivity index (χ0n) is 15.0. The second-order valence-corrected chi connectivity index (χ2v) is 7.85. The molecule has 0 radical (unpaired) electrons. The molecule has 0 unspecified atom stereocenters. The highest BCUT2D eigenvalue weighted by Gasteiger charge is 2.39. The molecule has 6 nitrogen and oxygen atoms in total. The molecule has 140 valence electrons. The van der Waals surface area contributed by atoms with Gasteiger partial charge in [0.2, 0.25) is 0 Å². The number of methoxy groups -OCH3 is 1. The lowest BCUT2D eigenvalue weighted by molar-refractivity contribution is -0.114. The largest absolute Gasteiger partial charge is 0.493 e. The van der Waals surface area contributed by atoms with E-state index in [9.17, 15) is 4.79 Å². The van der Waals surface area contributed by atoms with Crippen LogP contribution in [-0.4, -0.2) is 34.7 Å². The van der Waals surface area contributed by atoms with Crippen molar-refractivity contribution in [1.82, 2.24) is 10.2 Å². The van der Waals surface area contributed by atoms with Crippen LogP contribution in [0, 0.1) is 5.41 Å². The van der Waals surface area contributed by atoms with Crippen molar-refractivity contribution in [2.24, 2.45) is 0 Å². The first kappa shape index (κ1) is 19.3. The number of hydrogen-bond acceptors (Lipinski definition) is 8. The Morgan fingerprint density at radius 1 is 1.33 bits per heavy atom. The predicted octanol–water partition coefficient (Wildman–Crippen LogP) is 4.09. The molecule has 0 saturated carbocycles.